The van der Waals surface area contributed by atoms with Crippen molar-refractivity contribution in [1.29, 1.82) is 0 Å². The van der Waals surface area contributed by atoms with Gasteiger partial charge in [-0.15, -0.1) is 0 Å². The normalized spacial score (nSPS) is 10.2. The molecule has 0 aliphatic carbocycles. The van der Waals surface area contributed by atoms with Gasteiger partial charge in [-0.25, -0.2) is 13.2 Å². The summed E-state index contributed by atoms with van der Waals surface area (Å²) in [6.07, 6.45) is 0. The summed E-state index contributed by atoms with van der Waals surface area (Å²) >= 11 is 0. The van der Waals surface area contributed by atoms with Gasteiger partial charge in [0.1, 0.15) is 11.6 Å². The molecule has 0 unspecified atom stereocenters. The standard InChI is InChI=1S/C11H15FO.C10H12F2.2C2H6/c1-7-5-9(12)10(13)6-8(7)11(2,3)4;1-6(2)10-7(3)8(11)4-5-9(10)12;2*1-2/h5-6,13H,1-4H3;4-6H,1-3H3;2*1-2H3. The van der Waals surface area contributed by atoms with Gasteiger partial charge < -0.3 is 5.11 Å². The fraction of sp³-hybridized carbons (Fsp3) is 0.520. The quantitative estimate of drug-likeness (QED) is 0.497. The highest BCUT2D eigenvalue weighted by molar-refractivity contribution is 5.39. The van der Waals surface area contributed by atoms with Crippen molar-refractivity contribution < 1.29 is 18.3 Å². The van der Waals surface area contributed by atoms with Crippen LogP contribution in [0.2, 0.25) is 0 Å². The second kappa shape index (κ2) is 13.3. The highest BCUT2D eigenvalue weighted by Gasteiger charge is 2.18. The van der Waals surface area contributed by atoms with Crippen LogP contribution in [0, 0.1) is 31.3 Å². The molecule has 1 N–H and O–H groups in total. The first-order chi connectivity index (χ1) is 13.4. The Morgan fingerprint density at radius 1 is 0.793 bits per heavy atom. The van der Waals surface area contributed by atoms with E-state index in [9.17, 15) is 18.3 Å². The minimum Gasteiger partial charge on any atom is -0.505 e. The maximum Gasteiger partial charge on any atom is 0.165 e. The third-order valence-corrected chi connectivity index (χ3v) is 4.07. The van der Waals surface area contributed by atoms with Crippen molar-refractivity contribution in [1.82, 2.24) is 0 Å². The molecule has 0 saturated carbocycles. The Hall–Kier alpha value is -1.97. The van der Waals surface area contributed by atoms with Gasteiger partial charge >= 0.3 is 0 Å². The summed E-state index contributed by atoms with van der Waals surface area (Å²) in [6, 6.07) is 5.22. The van der Waals surface area contributed by atoms with Crippen LogP contribution in [0.4, 0.5) is 13.2 Å². The topological polar surface area (TPSA) is 20.2 Å². The highest BCUT2D eigenvalue weighted by Crippen LogP contribution is 2.30. The Labute approximate surface area is 176 Å². The maximum absolute atomic E-state index is 13.1. The van der Waals surface area contributed by atoms with Gasteiger partial charge in [-0.05, 0) is 71.7 Å². The number of phenols is 1. The zero-order chi connectivity index (χ0) is 23.5. The number of phenolic OH excluding ortho intramolecular Hbond substituents is 1. The van der Waals surface area contributed by atoms with Crippen molar-refractivity contribution in [2.24, 2.45) is 0 Å². The first-order valence-electron chi connectivity index (χ1n) is 10.3. The molecule has 0 fully saturated rings. The summed E-state index contributed by atoms with van der Waals surface area (Å²) in [6.45, 7) is 21.3. The molecule has 2 rings (SSSR count). The number of aromatic hydroxyl groups is 1. The van der Waals surface area contributed by atoms with Gasteiger partial charge in [0.05, 0.1) is 0 Å². The van der Waals surface area contributed by atoms with E-state index in [1.807, 2.05) is 69.2 Å². The van der Waals surface area contributed by atoms with Crippen molar-refractivity contribution in [2.75, 3.05) is 0 Å². The van der Waals surface area contributed by atoms with E-state index in [4.69, 9.17) is 0 Å². The van der Waals surface area contributed by atoms with E-state index in [0.29, 0.717) is 11.1 Å². The molecule has 1 nitrogen and oxygen atoms in total. The summed E-state index contributed by atoms with van der Waals surface area (Å²) < 4.78 is 39.0. The minimum absolute atomic E-state index is 0.0284. The monoisotopic (exact) mass is 412 g/mol. The van der Waals surface area contributed by atoms with Gasteiger partial charge in [0.2, 0.25) is 0 Å². The molecule has 0 atom stereocenters. The average molecular weight is 413 g/mol. The van der Waals surface area contributed by atoms with E-state index in [0.717, 1.165) is 17.2 Å². The van der Waals surface area contributed by atoms with Gasteiger partial charge in [0.25, 0.3) is 0 Å². The second-order valence-corrected chi connectivity index (χ2v) is 7.59. The van der Waals surface area contributed by atoms with E-state index in [2.05, 4.69) is 0 Å². The number of rotatable bonds is 1. The van der Waals surface area contributed by atoms with E-state index in [1.165, 1.54) is 18.2 Å². The van der Waals surface area contributed by atoms with Gasteiger partial charge in [-0.3, -0.25) is 0 Å². The molecule has 0 bridgehead atoms. The van der Waals surface area contributed by atoms with Crippen LogP contribution in [0.3, 0.4) is 0 Å². The lowest BCUT2D eigenvalue weighted by Crippen LogP contribution is -2.13. The predicted molar refractivity (Wildman–Crippen MR) is 119 cm³/mol. The zero-order valence-electron chi connectivity index (χ0n) is 20.0. The molecule has 0 aliphatic rings. The fourth-order valence-electron chi connectivity index (χ4n) is 2.85. The zero-order valence-corrected chi connectivity index (χ0v) is 20.0. The number of halogens is 3. The Morgan fingerprint density at radius 3 is 1.62 bits per heavy atom. The predicted octanol–water partition coefficient (Wildman–Crippen LogP) is 8.59. The lowest BCUT2D eigenvalue weighted by Gasteiger charge is -2.21. The molecule has 4 heteroatoms. The fourth-order valence-corrected chi connectivity index (χ4v) is 2.85. The van der Waals surface area contributed by atoms with E-state index in [-0.39, 0.29) is 28.7 Å². The Balaban J connectivity index is 0. The van der Waals surface area contributed by atoms with Gasteiger partial charge in [0.15, 0.2) is 11.6 Å². The number of aryl methyl sites for hydroxylation is 1. The first-order valence-corrected chi connectivity index (χ1v) is 10.3. The number of hydrogen-bond acceptors (Lipinski definition) is 1. The van der Waals surface area contributed by atoms with Crippen LogP contribution in [0.5, 0.6) is 5.75 Å². The van der Waals surface area contributed by atoms with Crippen LogP contribution in [-0.2, 0) is 5.41 Å². The molecular weight excluding hydrogens is 373 g/mol. The van der Waals surface area contributed by atoms with Crippen molar-refractivity contribution >= 4 is 0 Å². The van der Waals surface area contributed by atoms with Gasteiger partial charge in [-0.1, -0.05) is 62.3 Å². The lowest BCUT2D eigenvalue weighted by molar-refractivity contribution is 0.428. The maximum atomic E-state index is 13.1. The largest absolute Gasteiger partial charge is 0.505 e. The molecule has 0 amide bonds. The summed E-state index contributed by atoms with van der Waals surface area (Å²) in [5, 5.41) is 9.21. The Kier molecular flexibility index (Phi) is 13.4. The Bertz CT molecular complexity index is 745. The van der Waals surface area contributed by atoms with Crippen LogP contribution in [-0.4, -0.2) is 5.11 Å². The summed E-state index contributed by atoms with van der Waals surface area (Å²) in [7, 11) is 0. The second-order valence-electron chi connectivity index (χ2n) is 7.59. The number of benzene rings is 2. The van der Waals surface area contributed by atoms with Crippen LogP contribution in [0.15, 0.2) is 24.3 Å². The van der Waals surface area contributed by atoms with Crippen LogP contribution < -0.4 is 0 Å². The van der Waals surface area contributed by atoms with Gasteiger partial charge in [-0.2, -0.15) is 0 Å². The van der Waals surface area contributed by atoms with Gasteiger partial charge in [0, 0.05) is 0 Å². The molecular formula is C25H39F3O. The molecule has 0 spiro atoms. The van der Waals surface area contributed by atoms with Crippen molar-refractivity contribution in [3.05, 3.63) is 64.0 Å². The molecule has 0 aromatic heterocycles. The van der Waals surface area contributed by atoms with E-state index >= 15 is 0 Å². The van der Waals surface area contributed by atoms with Crippen molar-refractivity contribution in [2.45, 2.75) is 87.5 Å². The average Bonchev–Trinajstić information content (AvgIpc) is 2.64. The molecule has 0 saturated heterocycles. The molecule has 2 aromatic carbocycles. The Morgan fingerprint density at radius 2 is 1.24 bits per heavy atom. The molecule has 0 aliphatic heterocycles. The smallest absolute Gasteiger partial charge is 0.165 e. The summed E-state index contributed by atoms with van der Waals surface area (Å²) in [4.78, 5) is 0. The summed E-state index contributed by atoms with van der Waals surface area (Å²) in [5.41, 5.74) is 2.70. The van der Waals surface area contributed by atoms with Crippen LogP contribution in [0.1, 0.15) is 90.5 Å². The molecule has 2 aromatic rings. The number of hydrogen-bond donors (Lipinski definition) is 1. The van der Waals surface area contributed by atoms with Crippen molar-refractivity contribution in [3.63, 3.8) is 0 Å². The van der Waals surface area contributed by atoms with Crippen molar-refractivity contribution in [3.8, 4) is 5.75 Å². The van der Waals surface area contributed by atoms with Crippen LogP contribution >= 0.6 is 0 Å². The highest BCUT2D eigenvalue weighted by atomic mass is 19.1. The first kappa shape index (κ1) is 29.2. The molecule has 29 heavy (non-hydrogen) atoms. The SMILES string of the molecule is CC.CC.Cc1c(F)ccc(F)c1C(C)C.Cc1cc(F)c(O)cc1C(C)(C)C. The third kappa shape index (κ3) is 8.93. The molecule has 0 radical (unpaired) electrons. The van der Waals surface area contributed by atoms with Crippen LogP contribution in [0.25, 0.3) is 0 Å². The molecule has 0 heterocycles. The lowest BCUT2D eigenvalue weighted by atomic mass is 9.84. The minimum atomic E-state index is -0.550. The van der Waals surface area contributed by atoms with E-state index < -0.39 is 5.82 Å². The molecule has 166 valence electrons. The summed E-state index contributed by atoms with van der Waals surface area (Å²) in [5.74, 6) is -1.44. The van der Waals surface area contributed by atoms with E-state index in [1.54, 1.807) is 6.92 Å². The third-order valence-electron chi connectivity index (χ3n) is 4.07.